The Kier molecular flexibility index (Phi) is 8.94. The predicted molar refractivity (Wildman–Crippen MR) is 147 cm³/mol. The summed E-state index contributed by atoms with van der Waals surface area (Å²) >= 11 is 8.86. The van der Waals surface area contributed by atoms with Crippen molar-refractivity contribution in [1.82, 2.24) is 14.2 Å². The van der Waals surface area contributed by atoms with Gasteiger partial charge in [0.25, 0.3) is 10.0 Å². The summed E-state index contributed by atoms with van der Waals surface area (Å²) in [6.45, 7) is 6.32. The summed E-state index contributed by atoms with van der Waals surface area (Å²) < 4.78 is 34.6. The zero-order valence-electron chi connectivity index (χ0n) is 19.8. The number of hydrogen-bond acceptors (Lipinski definition) is 8. The fraction of sp³-hybridized carbons (Fsp3) is 0.478. The number of nitrogens with zero attached hydrogens (tertiary/aromatic N) is 4. The Morgan fingerprint density at radius 3 is 2.78 bits per heavy atom. The van der Waals surface area contributed by atoms with E-state index in [1.165, 1.54) is 27.0 Å². The minimum atomic E-state index is -3.73. The second-order valence-electron chi connectivity index (χ2n) is 8.72. The van der Waals surface area contributed by atoms with E-state index >= 15 is 0 Å². The molecule has 8 nitrogen and oxygen atoms in total. The van der Waals surface area contributed by atoms with Gasteiger partial charge < -0.3 is 4.74 Å². The first-order chi connectivity index (χ1) is 16.8. The van der Waals surface area contributed by atoms with Crippen LogP contribution in [0.15, 0.2) is 33.9 Å². The molecule has 5 rings (SSSR count). The van der Waals surface area contributed by atoms with E-state index in [2.05, 4.69) is 4.90 Å². The molecule has 0 spiro atoms. The number of hydrogen-bond donors (Lipinski definition) is 0. The number of sulfonamides is 1. The second kappa shape index (κ2) is 11.6. The van der Waals surface area contributed by atoms with Gasteiger partial charge in [-0.1, -0.05) is 29.0 Å². The summed E-state index contributed by atoms with van der Waals surface area (Å²) in [7, 11) is -3.73. The standard InChI is InChI=1S/C23H27ClN4O4S3.ClH/c1-16-14-17(24)15-19-21(16)25-23(34-19)27(8-7-26-9-11-32-12-10-26)22(29)18-4-2-6-28(18)35(30,31)20-5-3-13-33-20;/h3,5,13-15,18H,2,4,6-12H2,1H3;1H. The Labute approximate surface area is 230 Å². The van der Waals surface area contributed by atoms with Crippen LogP contribution in [0.1, 0.15) is 18.4 Å². The maximum absolute atomic E-state index is 14.0. The van der Waals surface area contributed by atoms with E-state index in [4.69, 9.17) is 21.3 Å². The van der Waals surface area contributed by atoms with Gasteiger partial charge in [-0.25, -0.2) is 13.4 Å². The molecule has 4 heterocycles. The minimum absolute atomic E-state index is 0. The van der Waals surface area contributed by atoms with Crippen LogP contribution in [0.5, 0.6) is 0 Å². The number of thiazole rings is 1. The number of halogens is 2. The molecule has 2 saturated heterocycles. The van der Waals surface area contributed by atoms with Gasteiger partial charge in [0.2, 0.25) is 5.91 Å². The molecule has 36 heavy (non-hydrogen) atoms. The fourth-order valence-electron chi connectivity index (χ4n) is 4.60. The number of thiophene rings is 1. The highest BCUT2D eigenvalue weighted by Gasteiger charge is 2.42. The number of rotatable bonds is 7. The van der Waals surface area contributed by atoms with E-state index in [0.29, 0.717) is 55.8 Å². The number of amides is 1. The summed E-state index contributed by atoms with van der Waals surface area (Å²) in [5.41, 5.74) is 1.76. The lowest BCUT2D eigenvalue weighted by Crippen LogP contribution is -2.50. The first kappa shape index (κ1) is 27.7. The third-order valence-electron chi connectivity index (χ3n) is 6.43. The van der Waals surface area contributed by atoms with Gasteiger partial charge in [0.15, 0.2) is 5.13 Å². The molecule has 0 N–H and O–H groups in total. The number of aromatic nitrogens is 1. The molecule has 1 amide bonds. The number of fused-ring (bicyclic) bond motifs is 1. The Morgan fingerprint density at radius 2 is 2.06 bits per heavy atom. The molecule has 0 saturated carbocycles. The summed E-state index contributed by atoms with van der Waals surface area (Å²) in [6.07, 6.45) is 1.14. The van der Waals surface area contributed by atoms with Crippen LogP contribution >= 0.6 is 46.7 Å². The Morgan fingerprint density at radius 1 is 1.28 bits per heavy atom. The molecule has 1 unspecified atom stereocenters. The molecule has 0 radical (unpaired) electrons. The Balaban J connectivity index is 0.00000304. The first-order valence-electron chi connectivity index (χ1n) is 11.6. The van der Waals surface area contributed by atoms with Gasteiger partial charge in [0.1, 0.15) is 10.3 Å². The van der Waals surface area contributed by atoms with E-state index in [1.54, 1.807) is 22.4 Å². The Bertz CT molecular complexity index is 1310. The third kappa shape index (κ3) is 5.58. The number of benzene rings is 1. The highest BCUT2D eigenvalue weighted by atomic mass is 35.5. The number of carbonyl (C=O) groups is 1. The molecule has 2 aliphatic rings. The van der Waals surface area contributed by atoms with Crippen molar-refractivity contribution in [2.75, 3.05) is 50.8 Å². The molecular formula is C23H28Cl2N4O4S3. The van der Waals surface area contributed by atoms with Crippen molar-refractivity contribution in [3.8, 4) is 0 Å². The number of aryl methyl sites for hydroxylation is 1. The smallest absolute Gasteiger partial charge is 0.253 e. The average Bonchev–Trinajstić information content (AvgIpc) is 3.60. The SMILES string of the molecule is Cc1cc(Cl)cc2sc(N(CCN3CCOCC3)C(=O)C3CCCN3S(=O)(=O)c3cccs3)nc12.Cl. The number of morpholine rings is 1. The molecule has 3 aromatic rings. The quantitative estimate of drug-likeness (QED) is 0.409. The number of ether oxygens (including phenoxy) is 1. The monoisotopic (exact) mass is 590 g/mol. The maximum Gasteiger partial charge on any atom is 0.253 e. The molecule has 2 aliphatic heterocycles. The summed E-state index contributed by atoms with van der Waals surface area (Å²) in [5.74, 6) is -0.223. The van der Waals surface area contributed by atoms with Crippen molar-refractivity contribution in [3.63, 3.8) is 0 Å². The van der Waals surface area contributed by atoms with Crippen LogP contribution in [0.2, 0.25) is 5.02 Å². The lowest BCUT2D eigenvalue weighted by atomic mass is 10.2. The van der Waals surface area contributed by atoms with Crippen molar-refractivity contribution >= 4 is 78.0 Å². The van der Waals surface area contributed by atoms with Gasteiger partial charge >= 0.3 is 0 Å². The van der Waals surface area contributed by atoms with Crippen molar-refractivity contribution in [3.05, 3.63) is 40.2 Å². The van der Waals surface area contributed by atoms with Gasteiger partial charge in [-0.3, -0.25) is 14.6 Å². The van der Waals surface area contributed by atoms with Crippen LogP contribution in [-0.4, -0.2) is 80.5 Å². The lowest BCUT2D eigenvalue weighted by Gasteiger charge is -2.31. The van der Waals surface area contributed by atoms with E-state index < -0.39 is 16.1 Å². The molecule has 196 valence electrons. The van der Waals surface area contributed by atoms with E-state index in [0.717, 1.165) is 28.9 Å². The second-order valence-corrected chi connectivity index (χ2v) is 13.2. The average molecular weight is 592 g/mol. The van der Waals surface area contributed by atoms with Crippen LogP contribution < -0.4 is 4.90 Å². The zero-order valence-corrected chi connectivity index (χ0v) is 23.8. The predicted octanol–water partition coefficient (Wildman–Crippen LogP) is 4.26. The highest BCUT2D eigenvalue weighted by molar-refractivity contribution is 7.91. The fourth-order valence-corrected chi connectivity index (χ4v) is 8.83. The molecular weight excluding hydrogens is 563 g/mol. The first-order valence-corrected chi connectivity index (χ1v) is 15.1. The molecule has 1 aromatic carbocycles. The highest BCUT2D eigenvalue weighted by Crippen LogP contribution is 2.35. The van der Waals surface area contributed by atoms with Crippen molar-refractivity contribution in [1.29, 1.82) is 0 Å². The topological polar surface area (TPSA) is 83.0 Å². The number of carbonyl (C=O) groups excluding carboxylic acids is 1. The van der Waals surface area contributed by atoms with Gasteiger partial charge in [0.05, 0.1) is 23.4 Å². The maximum atomic E-state index is 14.0. The van der Waals surface area contributed by atoms with E-state index in [-0.39, 0.29) is 22.5 Å². The summed E-state index contributed by atoms with van der Waals surface area (Å²) in [6, 6.07) is 6.28. The lowest BCUT2D eigenvalue weighted by molar-refractivity contribution is -0.121. The van der Waals surface area contributed by atoms with Gasteiger partial charge in [0, 0.05) is 37.7 Å². The Hall–Kier alpha value is -1.31. The molecule has 2 fully saturated rings. The number of anilines is 1. The normalized spacial score (nSPS) is 19.4. The molecule has 1 atom stereocenters. The molecule has 13 heteroatoms. The zero-order chi connectivity index (χ0) is 24.6. The van der Waals surface area contributed by atoms with Gasteiger partial charge in [-0.2, -0.15) is 4.31 Å². The van der Waals surface area contributed by atoms with Gasteiger partial charge in [-0.05, 0) is 48.9 Å². The van der Waals surface area contributed by atoms with Crippen molar-refractivity contribution in [2.24, 2.45) is 0 Å². The largest absolute Gasteiger partial charge is 0.379 e. The van der Waals surface area contributed by atoms with Crippen molar-refractivity contribution < 1.29 is 17.9 Å². The summed E-state index contributed by atoms with van der Waals surface area (Å²) in [4.78, 5) is 22.7. The molecule has 0 aliphatic carbocycles. The minimum Gasteiger partial charge on any atom is -0.379 e. The van der Waals surface area contributed by atoms with Gasteiger partial charge in [-0.15, -0.1) is 23.7 Å². The molecule has 0 bridgehead atoms. The van der Waals surface area contributed by atoms with Crippen LogP contribution in [-0.2, 0) is 19.6 Å². The van der Waals surface area contributed by atoms with Crippen LogP contribution in [0.25, 0.3) is 10.2 Å². The van der Waals surface area contributed by atoms with E-state index in [1.807, 2.05) is 19.1 Å². The summed E-state index contributed by atoms with van der Waals surface area (Å²) in [5, 5.41) is 2.94. The van der Waals surface area contributed by atoms with E-state index in [9.17, 15) is 13.2 Å². The van der Waals surface area contributed by atoms with Crippen LogP contribution in [0.4, 0.5) is 5.13 Å². The van der Waals surface area contributed by atoms with Crippen LogP contribution in [0, 0.1) is 6.92 Å². The van der Waals surface area contributed by atoms with Crippen LogP contribution in [0.3, 0.4) is 0 Å². The molecule has 2 aromatic heterocycles. The van der Waals surface area contributed by atoms with Crippen molar-refractivity contribution in [2.45, 2.75) is 30.0 Å². The third-order valence-corrected chi connectivity index (χ3v) is 11.0.